The largest absolute Gasteiger partial charge is 0.426 e. The molecule has 0 heterocycles. The van der Waals surface area contributed by atoms with Crippen molar-refractivity contribution in [1.29, 1.82) is 0 Å². The molecule has 3 nitrogen and oxygen atoms in total. The molecule has 25 heavy (non-hydrogen) atoms. The molecule has 2 atom stereocenters. The van der Waals surface area contributed by atoms with Crippen LogP contribution in [0.25, 0.3) is 0 Å². The van der Waals surface area contributed by atoms with Crippen LogP contribution in [0.2, 0.25) is 0 Å². The van der Waals surface area contributed by atoms with Crippen molar-refractivity contribution in [2.24, 2.45) is 5.92 Å². The second kappa shape index (κ2) is 7.33. The predicted octanol–water partition coefficient (Wildman–Crippen LogP) is 5.07. The van der Waals surface area contributed by atoms with E-state index in [1.54, 1.807) is 13.8 Å². The van der Waals surface area contributed by atoms with Crippen LogP contribution in [-0.4, -0.2) is 17.2 Å². The highest BCUT2D eigenvalue weighted by atomic mass is 16.5. The fourth-order valence-electron chi connectivity index (χ4n) is 2.75. The van der Waals surface area contributed by atoms with E-state index in [-0.39, 0.29) is 10.8 Å². The third-order valence-corrected chi connectivity index (χ3v) is 4.40. The molecule has 1 aromatic rings. The van der Waals surface area contributed by atoms with E-state index in [2.05, 4.69) is 67.2 Å². The molecule has 1 rings (SSSR count). The fraction of sp³-hybridized carbons (Fsp3) is 0.591. The first kappa shape index (κ1) is 21.4. The van der Waals surface area contributed by atoms with E-state index in [1.807, 2.05) is 0 Å². The standard InChI is InChI=1S/C22H34O3/c1-13(2)18(23)15(4)20(24)25-19-16(21(5,6)7)11-14(3)12-17(19)22(8,9)10/h11-12,15,18,23H,1H2,2-10H3. The van der Waals surface area contributed by atoms with E-state index in [4.69, 9.17) is 4.74 Å². The molecule has 0 bridgehead atoms. The van der Waals surface area contributed by atoms with Gasteiger partial charge >= 0.3 is 5.97 Å². The molecule has 0 fully saturated rings. The highest BCUT2D eigenvalue weighted by molar-refractivity contribution is 5.77. The number of aliphatic hydroxyl groups is 1. The van der Waals surface area contributed by atoms with Gasteiger partial charge in [-0.15, -0.1) is 0 Å². The van der Waals surface area contributed by atoms with Crippen LogP contribution in [0.4, 0.5) is 0 Å². The van der Waals surface area contributed by atoms with Gasteiger partial charge in [-0.2, -0.15) is 0 Å². The summed E-state index contributed by atoms with van der Waals surface area (Å²) in [7, 11) is 0. The van der Waals surface area contributed by atoms with Crippen LogP contribution < -0.4 is 4.74 Å². The molecule has 0 amide bonds. The Bertz CT molecular complexity index is 622. The molecule has 0 spiro atoms. The van der Waals surface area contributed by atoms with Crippen molar-refractivity contribution in [2.75, 3.05) is 0 Å². The second-order valence-corrected chi connectivity index (χ2v) is 9.19. The number of aryl methyl sites for hydroxylation is 1. The highest BCUT2D eigenvalue weighted by Gasteiger charge is 2.31. The van der Waals surface area contributed by atoms with Crippen molar-refractivity contribution in [2.45, 2.75) is 79.2 Å². The highest BCUT2D eigenvalue weighted by Crippen LogP contribution is 2.41. The van der Waals surface area contributed by atoms with Crippen LogP contribution in [0.1, 0.15) is 72.1 Å². The summed E-state index contributed by atoms with van der Waals surface area (Å²) < 4.78 is 5.88. The third kappa shape index (κ3) is 5.18. The van der Waals surface area contributed by atoms with Gasteiger partial charge in [0.2, 0.25) is 0 Å². The monoisotopic (exact) mass is 346 g/mol. The van der Waals surface area contributed by atoms with Gasteiger partial charge in [0.25, 0.3) is 0 Å². The van der Waals surface area contributed by atoms with Crippen molar-refractivity contribution < 1.29 is 14.6 Å². The van der Waals surface area contributed by atoms with Gasteiger partial charge in [0.05, 0.1) is 12.0 Å². The summed E-state index contributed by atoms with van der Waals surface area (Å²) in [6, 6.07) is 4.16. The third-order valence-electron chi connectivity index (χ3n) is 4.40. The average molecular weight is 347 g/mol. The molecule has 3 heteroatoms. The van der Waals surface area contributed by atoms with E-state index in [1.165, 1.54) is 0 Å². The van der Waals surface area contributed by atoms with Crippen LogP contribution >= 0.6 is 0 Å². The minimum Gasteiger partial charge on any atom is -0.426 e. The van der Waals surface area contributed by atoms with Crippen LogP contribution in [0.15, 0.2) is 24.3 Å². The topological polar surface area (TPSA) is 46.5 Å². The van der Waals surface area contributed by atoms with Gasteiger partial charge in [0, 0.05) is 11.1 Å². The first-order chi connectivity index (χ1) is 11.2. The lowest BCUT2D eigenvalue weighted by atomic mass is 9.78. The quantitative estimate of drug-likeness (QED) is 0.470. The van der Waals surface area contributed by atoms with Crippen LogP contribution in [0.3, 0.4) is 0 Å². The van der Waals surface area contributed by atoms with E-state index < -0.39 is 18.0 Å². The Morgan fingerprint density at radius 1 is 1.08 bits per heavy atom. The summed E-state index contributed by atoms with van der Waals surface area (Å²) in [6.07, 6.45) is -0.908. The zero-order valence-corrected chi connectivity index (χ0v) is 17.3. The molecule has 140 valence electrons. The smallest absolute Gasteiger partial charge is 0.317 e. The predicted molar refractivity (Wildman–Crippen MR) is 104 cm³/mol. The molecule has 0 aliphatic carbocycles. The van der Waals surface area contributed by atoms with Crippen LogP contribution in [0, 0.1) is 12.8 Å². The summed E-state index contributed by atoms with van der Waals surface area (Å²) in [5.74, 6) is -0.480. The molecular weight excluding hydrogens is 312 g/mol. The lowest BCUT2D eigenvalue weighted by Gasteiger charge is -2.30. The van der Waals surface area contributed by atoms with Gasteiger partial charge in [-0.3, -0.25) is 4.79 Å². The number of rotatable bonds is 4. The average Bonchev–Trinajstić information content (AvgIpc) is 2.44. The lowest BCUT2D eigenvalue weighted by molar-refractivity contribution is -0.141. The number of hydrogen-bond acceptors (Lipinski definition) is 3. The number of esters is 1. The van der Waals surface area contributed by atoms with Gasteiger partial charge in [0.15, 0.2) is 0 Å². The lowest BCUT2D eigenvalue weighted by Crippen LogP contribution is -2.31. The summed E-state index contributed by atoms with van der Waals surface area (Å²) in [4.78, 5) is 12.7. The van der Waals surface area contributed by atoms with Gasteiger partial charge in [-0.1, -0.05) is 71.4 Å². The molecule has 0 saturated carbocycles. The molecule has 1 N–H and O–H groups in total. The molecule has 0 aromatic heterocycles. The molecule has 2 unspecified atom stereocenters. The van der Waals surface area contributed by atoms with Crippen LogP contribution in [0.5, 0.6) is 5.75 Å². The minimum absolute atomic E-state index is 0.169. The van der Waals surface area contributed by atoms with Crippen molar-refractivity contribution in [3.05, 3.63) is 41.0 Å². The van der Waals surface area contributed by atoms with E-state index in [9.17, 15) is 9.90 Å². The Morgan fingerprint density at radius 2 is 1.48 bits per heavy atom. The van der Waals surface area contributed by atoms with E-state index >= 15 is 0 Å². The number of benzene rings is 1. The zero-order chi connectivity index (χ0) is 19.7. The zero-order valence-electron chi connectivity index (χ0n) is 17.3. The Kier molecular flexibility index (Phi) is 6.28. The normalized spacial score (nSPS) is 14.8. The van der Waals surface area contributed by atoms with E-state index in [0.29, 0.717) is 11.3 Å². The number of carbonyl (C=O) groups excluding carboxylic acids is 1. The minimum atomic E-state index is -0.908. The maximum atomic E-state index is 12.7. The molecule has 0 aliphatic heterocycles. The maximum Gasteiger partial charge on any atom is 0.317 e. The fourth-order valence-corrected chi connectivity index (χ4v) is 2.75. The summed E-state index contributed by atoms with van der Waals surface area (Å²) in [6.45, 7) is 21.8. The Hall–Kier alpha value is -1.61. The number of carbonyl (C=O) groups is 1. The second-order valence-electron chi connectivity index (χ2n) is 9.19. The molecular formula is C22H34O3. The Morgan fingerprint density at radius 3 is 1.80 bits per heavy atom. The summed E-state index contributed by atoms with van der Waals surface area (Å²) >= 11 is 0. The number of hydrogen-bond donors (Lipinski definition) is 1. The van der Waals surface area contributed by atoms with Crippen molar-refractivity contribution >= 4 is 5.97 Å². The first-order valence-electron chi connectivity index (χ1n) is 8.87. The maximum absolute atomic E-state index is 12.7. The van der Waals surface area contributed by atoms with Gasteiger partial charge in [-0.25, -0.2) is 0 Å². The van der Waals surface area contributed by atoms with Gasteiger partial charge in [0.1, 0.15) is 5.75 Å². The Labute approximate surface area is 153 Å². The van der Waals surface area contributed by atoms with Gasteiger partial charge in [-0.05, 0) is 31.6 Å². The Balaban J connectivity index is 3.47. The van der Waals surface area contributed by atoms with Crippen molar-refractivity contribution in [3.63, 3.8) is 0 Å². The SMILES string of the molecule is C=C(C)C(O)C(C)C(=O)Oc1c(C(C)(C)C)cc(C)cc1C(C)(C)C. The van der Waals surface area contributed by atoms with Crippen molar-refractivity contribution in [3.8, 4) is 5.75 Å². The van der Waals surface area contributed by atoms with Crippen molar-refractivity contribution in [1.82, 2.24) is 0 Å². The number of ether oxygens (including phenoxy) is 1. The molecule has 0 aliphatic rings. The van der Waals surface area contributed by atoms with E-state index in [0.717, 1.165) is 16.7 Å². The van der Waals surface area contributed by atoms with Gasteiger partial charge < -0.3 is 9.84 Å². The summed E-state index contributed by atoms with van der Waals surface area (Å²) in [5.41, 5.74) is 3.37. The first-order valence-corrected chi connectivity index (χ1v) is 8.87. The molecule has 1 aromatic carbocycles. The number of aliphatic hydroxyl groups excluding tert-OH is 1. The molecule has 0 radical (unpaired) electrons. The summed E-state index contributed by atoms with van der Waals surface area (Å²) in [5, 5.41) is 10.1. The molecule has 0 saturated heterocycles. The van der Waals surface area contributed by atoms with Crippen LogP contribution in [-0.2, 0) is 15.6 Å².